The average Bonchev–Trinajstić information content (AvgIpc) is 2.63. The van der Waals surface area contributed by atoms with Crippen molar-refractivity contribution in [3.05, 3.63) is 23.3 Å². The van der Waals surface area contributed by atoms with Crippen LogP contribution in [-0.2, 0) is 11.2 Å². The number of amides is 1. The van der Waals surface area contributed by atoms with Gasteiger partial charge in [-0.3, -0.25) is 4.79 Å². The Kier molecular flexibility index (Phi) is 8.22. The monoisotopic (exact) mass is 426 g/mol. The van der Waals surface area contributed by atoms with Crippen LogP contribution in [0.4, 0.5) is 0 Å². The summed E-state index contributed by atoms with van der Waals surface area (Å²) in [5.41, 5.74) is 2.20. The third kappa shape index (κ3) is 4.92. The first-order valence-electron chi connectivity index (χ1n) is 9.69. The Morgan fingerprint density at radius 1 is 1.12 bits per heavy atom. The Hall–Kier alpha value is -1.27. The van der Waals surface area contributed by atoms with Crippen molar-refractivity contribution >= 4 is 22.9 Å². The molecule has 2 N–H and O–H groups in total. The van der Waals surface area contributed by atoms with Crippen LogP contribution >= 0.6 is 17.0 Å². The molecule has 3 rings (SSSR count). The first-order chi connectivity index (χ1) is 12.2. The lowest BCUT2D eigenvalue weighted by molar-refractivity contribution is -0.124. The van der Waals surface area contributed by atoms with Crippen LogP contribution in [0.3, 0.4) is 0 Å². The standard InChI is InChI=1S/C20H30N2O3.BrH/c1-3-24-17-12-14-10-11-21-19(16(14)13-18(17)25-4-2)20(23)22-15-8-6-5-7-9-15;/h12-13,15,19,21H,3-11H2,1-2H3,(H,22,23);1H. The maximum Gasteiger partial charge on any atom is 0.241 e. The Bertz CT molecular complexity index is 603. The minimum Gasteiger partial charge on any atom is -0.490 e. The summed E-state index contributed by atoms with van der Waals surface area (Å²) in [7, 11) is 0. The SMILES string of the molecule is Br.CCOc1cc2c(cc1OCC)C(C(=O)NC1CCCCC1)NCC2. The van der Waals surface area contributed by atoms with E-state index in [2.05, 4.69) is 10.6 Å². The van der Waals surface area contributed by atoms with Crippen LogP contribution in [0, 0.1) is 0 Å². The fraction of sp³-hybridized carbons (Fsp3) is 0.650. The van der Waals surface area contributed by atoms with E-state index in [9.17, 15) is 4.79 Å². The van der Waals surface area contributed by atoms with Gasteiger partial charge in [-0.25, -0.2) is 0 Å². The third-order valence-corrected chi connectivity index (χ3v) is 5.07. The predicted octanol–water partition coefficient (Wildman–Crippen LogP) is 3.70. The van der Waals surface area contributed by atoms with Gasteiger partial charge in [0.1, 0.15) is 6.04 Å². The van der Waals surface area contributed by atoms with Crippen LogP contribution in [0.25, 0.3) is 0 Å². The molecule has 0 radical (unpaired) electrons. The highest BCUT2D eigenvalue weighted by atomic mass is 79.9. The summed E-state index contributed by atoms with van der Waals surface area (Å²) in [6.07, 6.45) is 6.80. The molecular formula is C20H31BrN2O3. The molecule has 1 amide bonds. The molecule has 0 spiro atoms. The summed E-state index contributed by atoms with van der Waals surface area (Å²) in [6.45, 7) is 5.90. The zero-order chi connectivity index (χ0) is 17.6. The molecule has 1 aliphatic carbocycles. The smallest absolute Gasteiger partial charge is 0.241 e. The van der Waals surface area contributed by atoms with Crippen molar-refractivity contribution in [2.75, 3.05) is 19.8 Å². The van der Waals surface area contributed by atoms with Gasteiger partial charge in [-0.15, -0.1) is 17.0 Å². The Morgan fingerprint density at radius 2 is 1.77 bits per heavy atom. The van der Waals surface area contributed by atoms with Gasteiger partial charge in [-0.1, -0.05) is 19.3 Å². The molecule has 1 fully saturated rings. The zero-order valence-electron chi connectivity index (χ0n) is 15.8. The number of nitrogens with one attached hydrogen (secondary N) is 2. The first kappa shape index (κ1) is 21.0. The molecule has 26 heavy (non-hydrogen) atoms. The third-order valence-electron chi connectivity index (χ3n) is 5.07. The highest BCUT2D eigenvalue weighted by Gasteiger charge is 2.29. The van der Waals surface area contributed by atoms with Gasteiger partial charge in [0.25, 0.3) is 0 Å². The van der Waals surface area contributed by atoms with E-state index in [1.165, 1.54) is 24.8 Å². The summed E-state index contributed by atoms with van der Waals surface area (Å²) in [6, 6.07) is 4.05. The van der Waals surface area contributed by atoms with Crippen molar-refractivity contribution in [2.45, 2.75) is 64.5 Å². The summed E-state index contributed by atoms with van der Waals surface area (Å²) in [5.74, 6) is 1.58. The van der Waals surface area contributed by atoms with E-state index in [-0.39, 0.29) is 28.9 Å². The van der Waals surface area contributed by atoms with E-state index >= 15 is 0 Å². The molecule has 1 aromatic carbocycles. The number of rotatable bonds is 6. The summed E-state index contributed by atoms with van der Waals surface area (Å²) in [5, 5.41) is 6.62. The van der Waals surface area contributed by atoms with Gasteiger partial charge in [0.2, 0.25) is 5.91 Å². The second-order valence-electron chi connectivity index (χ2n) is 6.84. The number of hydrogen-bond acceptors (Lipinski definition) is 4. The quantitative estimate of drug-likeness (QED) is 0.727. The highest BCUT2D eigenvalue weighted by Crippen LogP contribution is 2.36. The van der Waals surface area contributed by atoms with Crippen molar-refractivity contribution < 1.29 is 14.3 Å². The van der Waals surface area contributed by atoms with E-state index in [0.717, 1.165) is 42.9 Å². The van der Waals surface area contributed by atoms with E-state index in [4.69, 9.17) is 9.47 Å². The Labute approximate surface area is 167 Å². The Balaban J connectivity index is 0.00000243. The molecule has 6 heteroatoms. The van der Waals surface area contributed by atoms with Gasteiger partial charge >= 0.3 is 0 Å². The van der Waals surface area contributed by atoms with Gasteiger partial charge in [0.15, 0.2) is 11.5 Å². The molecule has 146 valence electrons. The lowest BCUT2D eigenvalue weighted by Gasteiger charge is -2.30. The minimum atomic E-state index is -0.305. The van der Waals surface area contributed by atoms with Crippen molar-refractivity contribution in [3.63, 3.8) is 0 Å². The fourth-order valence-corrected chi connectivity index (χ4v) is 3.87. The number of carbonyl (C=O) groups excluding carboxylic acids is 1. The molecule has 1 heterocycles. The normalized spacial score (nSPS) is 19.8. The fourth-order valence-electron chi connectivity index (χ4n) is 3.87. The zero-order valence-corrected chi connectivity index (χ0v) is 17.5. The summed E-state index contributed by atoms with van der Waals surface area (Å²) >= 11 is 0. The largest absolute Gasteiger partial charge is 0.490 e. The molecule has 1 unspecified atom stereocenters. The second-order valence-corrected chi connectivity index (χ2v) is 6.84. The number of halogens is 1. The van der Waals surface area contributed by atoms with Crippen molar-refractivity contribution in [1.29, 1.82) is 0 Å². The number of ether oxygens (including phenoxy) is 2. The topological polar surface area (TPSA) is 59.6 Å². The molecule has 1 aromatic rings. The predicted molar refractivity (Wildman–Crippen MR) is 109 cm³/mol. The van der Waals surface area contributed by atoms with Crippen LogP contribution in [-0.4, -0.2) is 31.7 Å². The lowest BCUT2D eigenvalue weighted by Crippen LogP contribution is -2.45. The van der Waals surface area contributed by atoms with E-state index in [1.807, 2.05) is 26.0 Å². The Morgan fingerprint density at radius 3 is 2.42 bits per heavy atom. The van der Waals surface area contributed by atoms with Gasteiger partial charge in [0.05, 0.1) is 13.2 Å². The number of fused-ring (bicyclic) bond motifs is 1. The molecule has 2 aliphatic rings. The van der Waals surface area contributed by atoms with Gasteiger partial charge in [-0.2, -0.15) is 0 Å². The molecule has 0 saturated heterocycles. The lowest BCUT2D eigenvalue weighted by atomic mass is 9.91. The molecule has 1 saturated carbocycles. The molecule has 5 nitrogen and oxygen atoms in total. The molecule has 1 atom stereocenters. The van der Waals surface area contributed by atoms with Crippen LogP contribution < -0.4 is 20.1 Å². The molecular weight excluding hydrogens is 396 g/mol. The van der Waals surface area contributed by atoms with E-state index < -0.39 is 0 Å². The van der Waals surface area contributed by atoms with E-state index in [0.29, 0.717) is 19.3 Å². The van der Waals surface area contributed by atoms with Gasteiger partial charge in [0, 0.05) is 12.6 Å². The van der Waals surface area contributed by atoms with Crippen molar-refractivity contribution in [2.24, 2.45) is 0 Å². The number of hydrogen-bond donors (Lipinski definition) is 2. The maximum atomic E-state index is 12.9. The highest BCUT2D eigenvalue weighted by molar-refractivity contribution is 8.93. The molecule has 1 aliphatic heterocycles. The van der Waals surface area contributed by atoms with Crippen molar-refractivity contribution in [3.8, 4) is 11.5 Å². The number of benzene rings is 1. The maximum absolute atomic E-state index is 12.9. The minimum absolute atomic E-state index is 0. The average molecular weight is 427 g/mol. The molecule has 0 aromatic heterocycles. The van der Waals surface area contributed by atoms with E-state index in [1.54, 1.807) is 0 Å². The summed E-state index contributed by atoms with van der Waals surface area (Å²) < 4.78 is 11.5. The first-order valence-corrected chi connectivity index (χ1v) is 9.69. The van der Waals surface area contributed by atoms with Crippen LogP contribution in [0.1, 0.15) is 63.1 Å². The summed E-state index contributed by atoms with van der Waals surface area (Å²) in [4.78, 5) is 12.9. The van der Waals surface area contributed by atoms with Gasteiger partial charge in [-0.05, 0) is 56.4 Å². The van der Waals surface area contributed by atoms with Crippen LogP contribution in [0.5, 0.6) is 11.5 Å². The number of carbonyl (C=O) groups is 1. The van der Waals surface area contributed by atoms with Crippen molar-refractivity contribution in [1.82, 2.24) is 10.6 Å². The van der Waals surface area contributed by atoms with Crippen LogP contribution in [0.2, 0.25) is 0 Å². The second kappa shape index (κ2) is 10.2. The van der Waals surface area contributed by atoms with Crippen LogP contribution in [0.15, 0.2) is 12.1 Å². The van der Waals surface area contributed by atoms with Gasteiger partial charge < -0.3 is 20.1 Å². The molecule has 0 bridgehead atoms.